The minimum atomic E-state index is -0.562. The average molecular weight is 330 g/mol. The summed E-state index contributed by atoms with van der Waals surface area (Å²) in [6.07, 6.45) is 1.59. The van der Waals surface area contributed by atoms with Gasteiger partial charge in [-0.15, -0.1) is 0 Å². The van der Waals surface area contributed by atoms with Crippen LogP contribution in [0.4, 0.5) is 5.82 Å². The van der Waals surface area contributed by atoms with E-state index >= 15 is 0 Å². The molecular weight excluding hydrogens is 314 g/mol. The van der Waals surface area contributed by atoms with Crippen LogP contribution >= 0.6 is 15.9 Å². The molecule has 4 N–H and O–H groups in total. The van der Waals surface area contributed by atoms with Crippen molar-refractivity contribution in [2.24, 2.45) is 11.5 Å². The van der Waals surface area contributed by atoms with Crippen molar-refractivity contribution in [3.8, 4) is 0 Å². The van der Waals surface area contributed by atoms with E-state index in [1.165, 1.54) is 4.90 Å². The average Bonchev–Trinajstić information content (AvgIpc) is 2.26. The summed E-state index contributed by atoms with van der Waals surface area (Å²) in [4.78, 5) is 32.0. The van der Waals surface area contributed by atoms with Gasteiger partial charge in [-0.25, -0.2) is 9.97 Å². The summed E-state index contributed by atoms with van der Waals surface area (Å²) in [6, 6.07) is 1.62. The molecule has 19 heavy (non-hydrogen) atoms. The van der Waals surface area contributed by atoms with Crippen LogP contribution in [0.1, 0.15) is 19.2 Å². The molecule has 8 heteroatoms. The van der Waals surface area contributed by atoms with Crippen molar-refractivity contribution in [2.75, 3.05) is 18.0 Å². The minimum absolute atomic E-state index is 0.127. The largest absolute Gasteiger partial charge is 0.368 e. The predicted molar refractivity (Wildman–Crippen MR) is 74.3 cm³/mol. The molecule has 0 spiro atoms. The zero-order valence-corrected chi connectivity index (χ0v) is 12.2. The third-order valence-corrected chi connectivity index (χ3v) is 2.62. The number of carbonyl (C=O) groups is 2. The quantitative estimate of drug-likeness (QED) is 0.681. The van der Waals surface area contributed by atoms with E-state index in [0.717, 1.165) is 6.42 Å². The number of aryl methyl sites for hydroxylation is 1. The Labute approximate surface area is 119 Å². The normalized spacial score (nSPS) is 10.2. The van der Waals surface area contributed by atoms with Crippen LogP contribution in [-0.2, 0) is 16.0 Å². The molecule has 0 aromatic carbocycles. The molecule has 1 heterocycles. The van der Waals surface area contributed by atoms with Gasteiger partial charge in [0.2, 0.25) is 11.8 Å². The highest BCUT2D eigenvalue weighted by atomic mass is 79.9. The van der Waals surface area contributed by atoms with Crippen molar-refractivity contribution in [3.05, 3.63) is 16.5 Å². The van der Waals surface area contributed by atoms with Gasteiger partial charge in [0.15, 0.2) is 0 Å². The smallest absolute Gasteiger partial charge is 0.237 e. The lowest BCUT2D eigenvalue weighted by molar-refractivity contribution is -0.117. The molecule has 0 aliphatic carbocycles. The molecule has 0 saturated heterocycles. The Kier molecular flexibility index (Phi) is 5.68. The predicted octanol–water partition coefficient (Wildman–Crippen LogP) is -0.0314. The molecule has 2 amide bonds. The molecule has 104 valence electrons. The van der Waals surface area contributed by atoms with E-state index < -0.39 is 11.8 Å². The zero-order valence-electron chi connectivity index (χ0n) is 10.6. The van der Waals surface area contributed by atoms with Crippen LogP contribution in [0.25, 0.3) is 0 Å². The number of anilines is 1. The molecule has 0 aliphatic rings. The van der Waals surface area contributed by atoms with Gasteiger partial charge in [0.25, 0.3) is 0 Å². The summed E-state index contributed by atoms with van der Waals surface area (Å²) >= 11 is 3.27. The number of nitrogens with two attached hydrogens (primary N) is 2. The van der Waals surface area contributed by atoms with E-state index in [2.05, 4.69) is 25.9 Å². The van der Waals surface area contributed by atoms with E-state index in [1.807, 2.05) is 6.92 Å². The zero-order chi connectivity index (χ0) is 14.4. The van der Waals surface area contributed by atoms with Crippen LogP contribution in [0.15, 0.2) is 10.7 Å². The first-order valence-electron chi connectivity index (χ1n) is 5.77. The summed E-state index contributed by atoms with van der Waals surface area (Å²) in [7, 11) is 0. The second-order valence-electron chi connectivity index (χ2n) is 4.00. The van der Waals surface area contributed by atoms with Crippen molar-refractivity contribution in [1.82, 2.24) is 9.97 Å². The number of halogens is 1. The Morgan fingerprint density at radius 3 is 2.32 bits per heavy atom. The highest BCUT2D eigenvalue weighted by Crippen LogP contribution is 2.17. The lowest BCUT2D eigenvalue weighted by Crippen LogP contribution is -2.40. The molecule has 0 radical (unpaired) electrons. The summed E-state index contributed by atoms with van der Waals surface area (Å²) in [5.41, 5.74) is 10.3. The summed E-state index contributed by atoms with van der Waals surface area (Å²) in [6.45, 7) is 1.75. The molecular formula is C11H16BrN5O2. The molecule has 0 unspecified atom stereocenters. The maximum absolute atomic E-state index is 11.0. The van der Waals surface area contributed by atoms with Crippen LogP contribution in [0, 0.1) is 0 Å². The fourth-order valence-corrected chi connectivity index (χ4v) is 1.95. The summed E-state index contributed by atoms with van der Waals surface area (Å²) < 4.78 is 0.583. The van der Waals surface area contributed by atoms with Gasteiger partial charge in [-0.05, 0) is 22.4 Å². The Morgan fingerprint density at radius 2 is 1.84 bits per heavy atom. The van der Waals surface area contributed by atoms with Crippen LogP contribution in [0.2, 0.25) is 0 Å². The topological polar surface area (TPSA) is 115 Å². The first-order chi connectivity index (χ1) is 8.92. The number of hydrogen-bond acceptors (Lipinski definition) is 5. The lowest BCUT2D eigenvalue weighted by atomic mass is 10.3. The Morgan fingerprint density at radius 1 is 1.26 bits per heavy atom. The fourth-order valence-electron chi connectivity index (χ4n) is 1.54. The molecule has 1 aromatic rings. The number of aromatic nitrogens is 2. The molecule has 0 aliphatic heterocycles. The Balaban J connectivity index is 3.05. The van der Waals surface area contributed by atoms with Gasteiger partial charge in [0.1, 0.15) is 16.2 Å². The van der Waals surface area contributed by atoms with Crippen LogP contribution < -0.4 is 16.4 Å². The van der Waals surface area contributed by atoms with Crippen molar-refractivity contribution in [1.29, 1.82) is 0 Å². The third kappa shape index (κ3) is 5.21. The van der Waals surface area contributed by atoms with E-state index in [-0.39, 0.29) is 13.1 Å². The molecule has 7 nitrogen and oxygen atoms in total. The highest BCUT2D eigenvalue weighted by Gasteiger charge is 2.15. The van der Waals surface area contributed by atoms with Crippen molar-refractivity contribution in [3.63, 3.8) is 0 Å². The van der Waals surface area contributed by atoms with Gasteiger partial charge < -0.3 is 16.4 Å². The van der Waals surface area contributed by atoms with E-state index in [4.69, 9.17) is 11.5 Å². The van der Waals surface area contributed by atoms with Crippen LogP contribution in [0.5, 0.6) is 0 Å². The first-order valence-corrected chi connectivity index (χ1v) is 6.56. The van der Waals surface area contributed by atoms with E-state index in [1.54, 1.807) is 6.07 Å². The number of nitrogens with zero attached hydrogens (tertiary/aromatic N) is 3. The van der Waals surface area contributed by atoms with Gasteiger partial charge in [0.05, 0.1) is 13.1 Å². The first kappa shape index (κ1) is 15.4. The number of amides is 2. The molecule has 0 fully saturated rings. The summed E-state index contributed by atoms with van der Waals surface area (Å²) in [5, 5.41) is 0. The molecule has 1 rings (SSSR count). The number of hydrogen-bond donors (Lipinski definition) is 2. The second-order valence-corrected chi connectivity index (χ2v) is 4.82. The highest BCUT2D eigenvalue weighted by molar-refractivity contribution is 9.10. The van der Waals surface area contributed by atoms with Crippen molar-refractivity contribution >= 4 is 33.6 Å². The Bertz CT molecular complexity index is 464. The van der Waals surface area contributed by atoms with Gasteiger partial charge in [-0.1, -0.05) is 6.92 Å². The van der Waals surface area contributed by atoms with Crippen LogP contribution in [-0.4, -0.2) is 34.9 Å². The fraction of sp³-hybridized carbons (Fsp3) is 0.455. The maximum atomic E-state index is 11.0. The van der Waals surface area contributed by atoms with Gasteiger partial charge >= 0.3 is 0 Å². The standard InChI is InChI=1S/C11H16BrN5O2/c1-2-3-10-15-7(12)4-11(16-10)17(5-8(13)18)6-9(14)19/h4H,2-3,5-6H2,1H3,(H2,13,18)(H2,14,19). The molecule has 0 saturated carbocycles. The van der Waals surface area contributed by atoms with Gasteiger partial charge in [-0.3, -0.25) is 9.59 Å². The van der Waals surface area contributed by atoms with Crippen molar-refractivity contribution in [2.45, 2.75) is 19.8 Å². The number of rotatable bonds is 7. The Hall–Kier alpha value is -1.70. The molecule has 0 atom stereocenters. The maximum Gasteiger partial charge on any atom is 0.237 e. The SMILES string of the molecule is CCCc1nc(Br)cc(N(CC(N)=O)CC(N)=O)n1. The van der Waals surface area contributed by atoms with Crippen molar-refractivity contribution < 1.29 is 9.59 Å². The van der Waals surface area contributed by atoms with Crippen LogP contribution in [0.3, 0.4) is 0 Å². The van der Waals surface area contributed by atoms with E-state index in [9.17, 15) is 9.59 Å². The summed E-state index contributed by atoms with van der Waals surface area (Å²) in [5.74, 6) is -0.0465. The van der Waals surface area contributed by atoms with Gasteiger partial charge in [0, 0.05) is 12.5 Å². The molecule has 1 aromatic heterocycles. The second kappa shape index (κ2) is 7.03. The molecule has 0 bridgehead atoms. The lowest BCUT2D eigenvalue weighted by Gasteiger charge is -2.21. The van der Waals surface area contributed by atoms with E-state index in [0.29, 0.717) is 22.7 Å². The minimum Gasteiger partial charge on any atom is -0.368 e. The monoisotopic (exact) mass is 329 g/mol. The third-order valence-electron chi connectivity index (χ3n) is 2.22. The number of carbonyl (C=O) groups excluding carboxylic acids is 2. The van der Waals surface area contributed by atoms with Gasteiger partial charge in [-0.2, -0.15) is 0 Å². The number of primary amides is 2.